The average molecular weight is 287 g/mol. The van der Waals surface area contributed by atoms with Gasteiger partial charge in [0.2, 0.25) is 0 Å². The molecule has 21 heavy (non-hydrogen) atoms. The molecule has 0 bridgehead atoms. The Hall–Kier alpha value is -2.36. The molecule has 2 N–H and O–H groups in total. The Bertz CT molecular complexity index is 626. The average Bonchev–Trinajstić information content (AvgIpc) is 2.48. The van der Waals surface area contributed by atoms with Crippen LogP contribution in [0.25, 0.3) is 0 Å². The summed E-state index contributed by atoms with van der Waals surface area (Å²) in [6.07, 6.45) is 1.51. The lowest BCUT2D eigenvalue weighted by Crippen LogP contribution is -2.11. The highest BCUT2D eigenvalue weighted by Gasteiger charge is 2.15. The number of aryl methyl sites for hydroxylation is 2. The SMILES string of the molecule is Cc1cc(N)cc(C(=O)OCCCc2ccccc2)c1F. The van der Waals surface area contributed by atoms with Crippen molar-refractivity contribution >= 4 is 11.7 Å². The fourth-order valence-electron chi connectivity index (χ4n) is 2.11. The maximum absolute atomic E-state index is 13.8. The number of halogens is 1. The molecule has 0 saturated heterocycles. The number of hydrogen-bond acceptors (Lipinski definition) is 3. The fourth-order valence-corrected chi connectivity index (χ4v) is 2.11. The lowest BCUT2D eigenvalue weighted by Gasteiger charge is -2.08. The van der Waals surface area contributed by atoms with Crippen molar-refractivity contribution < 1.29 is 13.9 Å². The molecule has 4 heteroatoms. The molecular weight excluding hydrogens is 269 g/mol. The topological polar surface area (TPSA) is 52.3 Å². The minimum absolute atomic E-state index is 0.104. The molecule has 2 aromatic carbocycles. The highest BCUT2D eigenvalue weighted by Crippen LogP contribution is 2.18. The number of carbonyl (C=O) groups is 1. The van der Waals surface area contributed by atoms with E-state index in [1.807, 2.05) is 30.3 Å². The molecule has 2 rings (SSSR count). The first-order valence-corrected chi connectivity index (χ1v) is 6.84. The van der Waals surface area contributed by atoms with Crippen LogP contribution in [0, 0.1) is 12.7 Å². The van der Waals surface area contributed by atoms with Gasteiger partial charge in [0.25, 0.3) is 0 Å². The third-order valence-corrected chi connectivity index (χ3v) is 3.18. The van der Waals surface area contributed by atoms with Gasteiger partial charge >= 0.3 is 5.97 Å². The summed E-state index contributed by atoms with van der Waals surface area (Å²) in [5.74, 6) is -1.24. The molecule has 0 fully saturated rings. The van der Waals surface area contributed by atoms with Gasteiger partial charge in [0.05, 0.1) is 12.2 Å². The van der Waals surface area contributed by atoms with Crippen LogP contribution in [0.4, 0.5) is 10.1 Å². The molecule has 0 radical (unpaired) electrons. The highest BCUT2D eigenvalue weighted by atomic mass is 19.1. The zero-order valence-corrected chi connectivity index (χ0v) is 11.9. The van der Waals surface area contributed by atoms with E-state index in [-0.39, 0.29) is 12.2 Å². The quantitative estimate of drug-likeness (QED) is 0.520. The predicted octanol–water partition coefficient (Wildman–Crippen LogP) is 3.51. The van der Waals surface area contributed by atoms with Crippen LogP contribution in [0.1, 0.15) is 27.9 Å². The minimum atomic E-state index is -0.670. The summed E-state index contributed by atoms with van der Waals surface area (Å²) in [7, 11) is 0. The summed E-state index contributed by atoms with van der Waals surface area (Å²) in [5.41, 5.74) is 7.39. The first kappa shape index (κ1) is 15.0. The Labute approximate surface area is 123 Å². The maximum Gasteiger partial charge on any atom is 0.341 e. The van der Waals surface area contributed by atoms with Gasteiger partial charge in [-0.25, -0.2) is 9.18 Å². The predicted molar refractivity (Wildman–Crippen MR) is 80.6 cm³/mol. The Morgan fingerprint density at radius 2 is 1.95 bits per heavy atom. The molecule has 0 atom stereocenters. The smallest absolute Gasteiger partial charge is 0.341 e. The summed E-state index contributed by atoms with van der Waals surface area (Å²) in [6, 6.07) is 12.7. The van der Waals surface area contributed by atoms with Gasteiger partial charge in [-0.1, -0.05) is 30.3 Å². The number of carbonyl (C=O) groups excluding carboxylic acids is 1. The Morgan fingerprint density at radius 1 is 1.24 bits per heavy atom. The molecule has 0 heterocycles. The van der Waals surface area contributed by atoms with Crippen molar-refractivity contribution in [1.82, 2.24) is 0 Å². The number of benzene rings is 2. The molecule has 3 nitrogen and oxygen atoms in total. The van der Waals surface area contributed by atoms with Gasteiger partial charge in [-0.2, -0.15) is 0 Å². The standard InChI is InChI=1S/C17H18FNO2/c1-12-10-14(19)11-15(16(12)18)17(20)21-9-5-8-13-6-3-2-4-7-13/h2-4,6-7,10-11H,5,8-9,19H2,1H3. The maximum atomic E-state index is 13.8. The van der Waals surface area contributed by atoms with Crippen LogP contribution >= 0.6 is 0 Å². The van der Waals surface area contributed by atoms with Crippen LogP contribution in [0.3, 0.4) is 0 Å². The van der Waals surface area contributed by atoms with Gasteiger partial charge in [-0.05, 0) is 43.0 Å². The third-order valence-electron chi connectivity index (χ3n) is 3.18. The number of nitrogen functional groups attached to an aromatic ring is 1. The van der Waals surface area contributed by atoms with E-state index in [4.69, 9.17) is 10.5 Å². The van der Waals surface area contributed by atoms with E-state index < -0.39 is 11.8 Å². The zero-order chi connectivity index (χ0) is 15.2. The van der Waals surface area contributed by atoms with Gasteiger partial charge in [0, 0.05) is 5.69 Å². The van der Waals surface area contributed by atoms with E-state index >= 15 is 0 Å². The molecule has 0 saturated carbocycles. The van der Waals surface area contributed by atoms with Crippen LogP contribution < -0.4 is 5.73 Å². The van der Waals surface area contributed by atoms with E-state index in [1.54, 1.807) is 6.92 Å². The monoisotopic (exact) mass is 287 g/mol. The van der Waals surface area contributed by atoms with Crippen molar-refractivity contribution in [3.8, 4) is 0 Å². The molecule has 2 aromatic rings. The lowest BCUT2D eigenvalue weighted by atomic mass is 10.1. The largest absolute Gasteiger partial charge is 0.462 e. The number of esters is 1. The number of nitrogens with two attached hydrogens (primary N) is 1. The van der Waals surface area contributed by atoms with Crippen LogP contribution in [0.5, 0.6) is 0 Å². The number of hydrogen-bond donors (Lipinski definition) is 1. The Kier molecular flexibility index (Phi) is 4.93. The molecular formula is C17H18FNO2. The van der Waals surface area contributed by atoms with Crippen molar-refractivity contribution in [2.24, 2.45) is 0 Å². The molecule has 0 aliphatic heterocycles. The molecule has 0 spiro atoms. The van der Waals surface area contributed by atoms with Crippen LogP contribution in [-0.4, -0.2) is 12.6 Å². The molecule has 0 aromatic heterocycles. The lowest BCUT2D eigenvalue weighted by molar-refractivity contribution is 0.0495. The number of anilines is 1. The molecule has 0 amide bonds. The summed E-state index contributed by atoms with van der Waals surface area (Å²) in [6.45, 7) is 1.82. The van der Waals surface area contributed by atoms with E-state index in [1.165, 1.54) is 17.7 Å². The molecule has 0 unspecified atom stereocenters. The van der Waals surface area contributed by atoms with Gasteiger partial charge in [-0.3, -0.25) is 0 Å². The van der Waals surface area contributed by atoms with Gasteiger partial charge in [-0.15, -0.1) is 0 Å². The molecule has 0 aliphatic carbocycles. The van der Waals surface area contributed by atoms with E-state index in [2.05, 4.69) is 0 Å². The van der Waals surface area contributed by atoms with Crippen molar-refractivity contribution in [3.05, 3.63) is 65.0 Å². The van der Waals surface area contributed by atoms with Crippen molar-refractivity contribution in [1.29, 1.82) is 0 Å². The zero-order valence-electron chi connectivity index (χ0n) is 11.9. The third kappa shape index (κ3) is 4.05. The summed E-state index contributed by atoms with van der Waals surface area (Å²) >= 11 is 0. The molecule has 110 valence electrons. The van der Waals surface area contributed by atoms with Crippen LogP contribution in [0.15, 0.2) is 42.5 Å². The van der Waals surface area contributed by atoms with Gasteiger partial charge in [0.1, 0.15) is 5.82 Å². The fraction of sp³-hybridized carbons (Fsp3) is 0.235. The second-order valence-electron chi connectivity index (χ2n) is 4.92. The summed E-state index contributed by atoms with van der Waals surface area (Å²) in [5, 5.41) is 0. The second kappa shape index (κ2) is 6.88. The normalized spacial score (nSPS) is 10.4. The Balaban J connectivity index is 1.88. The van der Waals surface area contributed by atoms with Crippen molar-refractivity contribution in [3.63, 3.8) is 0 Å². The Morgan fingerprint density at radius 3 is 2.67 bits per heavy atom. The van der Waals surface area contributed by atoms with Crippen LogP contribution in [-0.2, 0) is 11.2 Å². The van der Waals surface area contributed by atoms with E-state index in [0.717, 1.165) is 6.42 Å². The second-order valence-corrected chi connectivity index (χ2v) is 4.92. The van der Waals surface area contributed by atoms with Crippen molar-refractivity contribution in [2.75, 3.05) is 12.3 Å². The van der Waals surface area contributed by atoms with Gasteiger partial charge < -0.3 is 10.5 Å². The minimum Gasteiger partial charge on any atom is -0.462 e. The van der Waals surface area contributed by atoms with E-state index in [0.29, 0.717) is 17.7 Å². The summed E-state index contributed by atoms with van der Waals surface area (Å²) < 4.78 is 19.0. The number of ether oxygens (including phenoxy) is 1. The molecule has 0 aliphatic rings. The number of rotatable bonds is 5. The van der Waals surface area contributed by atoms with E-state index in [9.17, 15) is 9.18 Å². The first-order valence-electron chi connectivity index (χ1n) is 6.84. The summed E-state index contributed by atoms with van der Waals surface area (Å²) in [4.78, 5) is 11.9. The van der Waals surface area contributed by atoms with Gasteiger partial charge in [0.15, 0.2) is 0 Å². The van der Waals surface area contributed by atoms with Crippen molar-refractivity contribution in [2.45, 2.75) is 19.8 Å². The first-order chi connectivity index (χ1) is 10.1. The highest BCUT2D eigenvalue weighted by molar-refractivity contribution is 5.91. The van der Waals surface area contributed by atoms with Crippen LogP contribution in [0.2, 0.25) is 0 Å².